The molecule has 19 heavy (non-hydrogen) atoms. The summed E-state index contributed by atoms with van der Waals surface area (Å²) in [5.74, 6) is -0.582. The number of hydrogen-bond acceptors (Lipinski definition) is 4. The van der Waals surface area contributed by atoms with Crippen LogP contribution in [0.15, 0.2) is 17.2 Å². The van der Waals surface area contributed by atoms with Crippen LogP contribution in [0, 0.1) is 5.82 Å². The van der Waals surface area contributed by atoms with Gasteiger partial charge in [-0.25, -0.2) is 4.39 Å². The van der Waals surface area contributed by atoms with Gasteiger partial charge in [-0.05, 0) is 33.8 Å². The van der Waals surface area contributed by atoms with Gasteiger partial charge in [-0.1, -0.05) is 0 Å². The van der Waals surface area contributed by atoms with Crippen LogP contribution < -0.4 is 5.59 Å². The van der Waals surface area contributed by atoms with E-state index in [-0.39, 0.29) is 4.90 Å². The molecule has 0 radical (unpaired) electrons. The number of halogens is 1. The Morgan fingerprint density at radius 1 is 1.26 bits per heavy atom. The molecule has 2 rings (SSSR count). The summed E-state index contributed by atoms with van der Waals surface area (Å²) in [4.78, 5) is 4.09. The van der Waals surface area contributed by atoms with Gasteiger partial charge in [0.2, 0.25) is 0 Å². The van der Waals surface area contributed by atoms with Gasteiger partial charge in [0.05, 0.1) is 38.7 Å². The Bertz CT molecular complexity index is 520. The molecule has 104 valence electrons. The first-order chi connectivity index (χ1) is 8.64. The molecule has 0 aromatic carbocycles. The van der Waals surface area contributed by atoms with Gasteiger partial charge in [0.25, 0.3) is 0 Å². The van der Waals surface area contributed by atoms with Crippen LogP contribution in [0.25, 0.3) is 0 Å². The minimum Gasteiger partial charge on any atom is -0.398 e. The first kappa shape index (κ1) is 14.6. The van der Waals surface area contributed by atoms with Crippen molar-refractivity contribution in [1.82, 2.24) is 4.98 Å². The normalized spacial score (nSPS) is 22.5. The molecule has 1 atom stereocenters. The van der Waals surface area contributed by atoms with Gasteiger partial charge < -0.3 is 9.31 Å². The van der Waals surface area contributed by atoms with E-state index in [4.69, 9.17) is 9.31 Å². The Kier molecular flexibility index (Phi) is 3.57. The molecule has 1 aromatic heterocycles. The molecule has 1 aliphatic heterocycles. The van der Waals surface area contributed by atoms with Crippen molar-refractivity contribution in [3.8, 4) is 0 Å². The van der Waals surface area contributed by atoms with Gasteiger partial charge in [-0.2, -0.15) is 0 Å². The third kappa shape index (κ3) is 2.59. The standard InChI is InChI=1S/C12H17BFNO3S/c1-11(2)12(3,4)18-13(17-11)10-6-9(19(5)16)8(14)7-15-10/h6-7H,1-5H3. The smallest absolute Gasteiger partial charge is 0.398 e. The maximum atomic E-state index is 13.5. The zero-order chi connectivity index (χ0) is 14.4. The SMILES string of the molecule is CS(=O)c1cc(B2OC(C)(C)C(C)(C)O2)ncc1F. The predicted octanol–water partition coefficient (Wildman–Crippen LogP) is 1.26. The molecule has 0 N–H and O–H groups in total. The van der Waals surface area contributed by atoms with Crippen LogP contribution in [-0.2, 0) is 20.1 Å². The third-order valence-corrected chi connectivity index (χ3v) is 4.58. The van der Waals surface area contributed by atoms with Gasteiger partial charge in [0, 0.05) is 6.26 Å². The van der Waals surface area contributed by atoms with Crippen molar-refractivity contribution < 1.29 is 17.9 Å². The molecule has 0 bridgehead atoms. The van der Waals surface area contributed by atoms with Crippen molar-refractivity contribution in [2.45, 2.75) is 43.8 Å². The van der Waals surface area contributed by atoms with Gasteiger partial charge in [-0.3, -0.25) is 9.19 Å². The Hall–Kier alpha value is -0.785. The van der Waals surface area contributed by atoms with Crippen molar-refractivity contribution in [3.05, 3.63) is 18.1 Å². The Labute approximate surface area is 115 Å². The highest BCUT2D eigenvalue weighted by Gasteiger charge is 2.52. The molecule has 1 saturated heterocycles. The molecule has 1 unspecified atom stereocenters. The predicted molar refractivity (Wildman–Crippen MR) is 72.2 cm³/mol. The summed E-state index contributed by atoms with van der Waals surface area (Å²) in [6.45, 7) is 7.70. The molecule has 1 fully saturated rings. The highest BCUT2D eigenvalue weighted by molar-refractivity contribution is 7.84. The largest absolute Gasteiger partial charge is 0.514 e. The lowest BCUT2D eigenvalue weighted by Gasteiger charge is -2.32. The lowest BCUT2D eigenvalue weighted by atomic mass is 9.84. The summed E-state index contributed by atoms with van der Waals surface area (Å²) in [6, 6.07) is 1.44. The lowest BCUT2D eigenvalue weighted by molar-refractivity contribution is 0.00578. The zero-order valence-corrected chi connectivity index (χ0v) is 12.5. The van der Waals surface area contributed by atoms with Crippen LogP contribution in [0.4, 0.5) is 4.39 Å². The molecular formula is C12H17BFNO3S. The van der Waals surface area contributed by atoms with E-state index in [2.05, 4.69) is 4.98 Å². The molecular weight excluding hydrogens is 268 g/mol. The molecule has 1 aliphatic rings. The fourth-order valence-corrected chi connectivity index (χ4v) is 2.36. The van der Waals surface area contributed by atoms with Crippen LogP contribution >= 0.6 is 0 Å². The molecule has 0 saturated carbocycles. The summed E-state index contributed by atoms with van der Waals surface area (Å²) < 4.78 is 36.6. The van der Waals surface area contributed by atoms with E-state index < -0.39 is 34.9 Å². The van der Waals surface area contributed by atoms with Crippen molar-refractivity contribution in [2.75, 3.05) is 6.26 Å². The summed E-state index contributed by atoms with van der Waals surface area (Å²) in [6.07, 6.45) is 2.48. The second kappa shape index (κ2) is 4.65. The highest BCUT2D eigenvalue weighted by atomic mass is 32.2. The van der Waals surface area contributed by atoms with Crippen molar-refractivity contribution in [2.24, 2.45) is 0 Å². The molecule has 2 heterocycles. The average Bonchev–Trinajstić information content (AvgIpc) is 2.48. The Morgan fingerprint density at radius 3 is 2.26 bits per heavy atom. The van der Waals surface area contributed by atoms with E-state index in [0.717, 1.165) is 6.20 Å². The van der Waals surface area contributed by atoms with Crippen LogP contribution in [0.1, 0.15) is 27.7 Å². The van der Waals surface area contributed by atoms with E-state index in [1.165, 1.54) is 12.3 Å². The third-order valence-electron chi connectivity index (χ3n) is 3.65. The number of nitrogens with zero attached hydrogens (tertiary/aromatic N) is 1. The van der Waals surface area contributed by atoms with Crippen molar-refractivity contribution >= 4 is 23.5 Å². The topological polar surface area (TPSA) is 48.4 Å². The van der Waals surface area contributed by atoms with Gasteiger partial charge in [0.1, 0.15) is 0 Å². The fourth-order valence-electron chi connectivity index (χ4n) is 1.75. The van der Waals surface area contributed by atoms with Crippen LogP contribution in [-0.4, -0.2) is 33.8 Å². The van der Waals surface area contributed by atoms with E-state index in [0.29, 0.717) is 5.59 Å². The Balaban J connectivity index is 2.35. The van der Waals surface area contributed by atoms with Gasteiger partial charge in [0.15, 0.2) is 5.82 Å². The van der Waals surface area contributed by atoms with E-state index in [9.17, 15) is 8.60 Å². The summed E-state index contributed by atoms with van der Waals surface area (Å²) in [5.41, 5.74) is -0.538. The zero-order valence-electron chi connectivity index (χ0n) is 11.7. The molecule has 4 nitrogen and oxygen atoms in total. The van der Waals surface area contributed by atoms with E-state index in [1.807, 2.05) is 27.7 Å². The molecule has 0 spiro atoms. The number of rotatable bonds is 2. The minimum absolute atomic E-state index is 0.111. The Morgan fingerprint density at radius 2 is 1.79 bits per heavy atom. The second-order valence-corrected chi connectivity index (χ2v) is 6.93. The summed E-state index contributed by atoms with van der Waals surface area (Å²) in [5, 5.41) is 0. The van der Waals surface area contributed by atoms with Gasteiger partial charge in [-0.15, -0.1) is 0 Å². The molecule has 7 heteroatoms. The maximum absolute atomic E-state index is 13.5. The van der Waals surface area contributed by atoms with Crippen LogP contribution in [0.2, 0.25) is 0 Å². The van der Waals surface area contributed by atoms with Crippen LogP contribution in [0.3, 0.4) is 0 Å². The first-order valence-electron chi connectivity index (χ1n) is 5.98. The first-order valence-corrected chi connectivity index (χ1v) is 7.54. The highest BCUT2D eigenvalue weighted by Crippen LogP contribution is 2.36. The fraction of sp³-hybridized carbons (Fsp3) is 0.583. The van der Waals surface area contributed by atoms with Crippen LogP contribution in [0.5, 0.6) is 0 Å². The molecule has 0 aliphatic carbocycles. The number of aromatic nitrogens is 1. The summed E-state index contributed by atoms with van der Waals surface area (Å²) >= 11 is 0. The monoisotopic (exact) mass is 285 g/mol. The average molecular weight is 285 g/mol. The second-order valence-electron chi connectivity index (χ2n) is 5.58. The number of pyridine rings is 1. The maximum Gasteiger partial charge on any atom is 0.514 e. The van der Waals surface area contributed by atoms with E-state index in [1.54, 1.807) is 0 Å². The van der Waals surface area contributed by atoms with Gasteiger partial charge >= 0.3 is 7.12 Å². The lowest BCUT2D eigenvalue weighted by Crippen LogP contribution is -2.41. The number of hydrogen-bond donors (Lipinski definition) is 0. The van der Waals surface area contributed by atoms with E-state index >= 15 is 0 Å². The quantitative estimate of drug-likeness (QED) is 0.767. The van der Waals surface area contributed by atoms with Crippen molar-refractivity contribution in [1.29, 1.82) is 0 Å². The van der Waals surface area contributed by atoms with Crippen molar-refractivity contribution in [3.63, 3.8) is 0 Å². The molecule has 0 amide bonds. The summed E-state index contributed by atoms with van der Waals surface area (Å²) in [7, 11) is -2.09. The minimum atomic E-state index is -1.42. The molecule has 1 aromatic rings.